The third-order valence-corrected chi connectivity index (χ3v) is 2.57. The van der Waals surface area contributed by atoms with Gasteiger partial charge in [0.25, 0.3) is 0 Å². The first-order valence-electron chi connectivity index (χ1n) is 3.87. The topological polar surface area (TPSA) is 21.8 Å². The largest absolute Gasteiger partial charge is 0.495 e. The Morgan fingerprint density at radius 1 is 1.38 bits per heavy atom. The zero-order valence-corrected chi connectivity index (χ0v) is 8.52. The van der Waals surface area contributed by atoms with Crippen LogP contribution in [0.5, 0.6) is 5.75 Å². The standard InChI is InChI=1S/C9H8Cl2O2/c1-12-8-3-6(10)5(2-7(8)11)9-4-13-9/h2-3,9H,4H2,1H3. The van der Waals surface area contributed by atoms with E-state index in [0.29, 0.717) is 15.8 Å². The van der Waals surface area contributed by atoms with Crippen molar-refractivity contribution in [1.29, 1.82) is 0 Å². The van der Waals surface area contributed by atoms with Gasteiger partial charge in [0.2, 0.25) is 0 Å². The van der Waals surface area contributed by atoms with Crippen molar-refractivity contribution < 1.29 is 9.47 Å². The van der Waals surface area contributed by atoms with E-state index in [4.69, 9.17) is 32.7 Å². The minimum atomic E-state index is 0.121. The molecule has 1 aliphatic heterocycles. The molecule has 0 bridgehead atoms. The summed E-state index contributed by atoms with van der Waals surface area (Å²) < 4.78 is 10.1. The van der Waals surface area contributed by atoms with E-state index in [0.717, 1.165) is 12.2 Å². The minimum absolute atomic E-state index is 0.121. The highest BCUT2D eigenvalue weighted by molar-refractivity contribution is 6.34. The van der Waals surface area contributed by atoms with Crippen LogP contribution in [0.4, 0.5) is 0 Å². The van der Waals surface area contributed by atoms with Crippen molar-refractivity contribution in [3.63, 3.8) is 0 Å². The third-order valence-electron chi connectivity index (χ3n) is 1.95. The lowest BCUT2D eigenvalue weighted by molar-refractivity contribution is 0.410. The number of methoxy groups -OCH3 is 1. The van der Waals surface area contributed by atoms with Gasteiger partial charge >= 0.3 is 0 Å². The lowest BCUT2D eigenvalue weighted by Gasteiger charge is -2.06. The Labute approximate surface area is 86.4 Å². The van der Waals surface area contributed by atoms with Gasteiger partial charge in [0.05, 0.1) is 23.8 Å². The molecule has 0 radical (unpaired) electrons. The van der Waals surface area contributed by atoms with Crippen LogP contribution in [0, 0.1) is 0 Å². The average molecular weight is 219 g/mol. The van der Waals surface area contributed by atoms with Gasteiger partial charge in [0.1, 0.15) is 11.9 Å². The van der Waals surface area contributed by atoms with Gasteiger partial charge in [-0.3, -0.25) is 0 Å². The summed E-state index contributed by atoms with van der Waals surface area (Å²) in [4.78, 5) is 0. The lowest BCUT2D eigenvalue weighted by Crippen LogP contribution is -1.88. The number of hydrogen-bond acceptors (Lipinski definition) is 2. The Hall–Kier alpha value is -0.440. The van der Waals surface area contributed by atoms with Crippen LogP contribution in [0.2, 0.25) is 10.0 Å². The van der Waals surface area contributed by atoms with Gasteiger partial charge in [-0.2, -0.15) is 0 Å². The Balaban J connectivity index is 2.42. The van der Waals surface area contributed by atoms with Crippen molar-refractivity contribution in [3.05, 3.63) is 27.7 Å². The molecule has 1 unspecified atom stereocenters. The van der Waals surface area contributed by atoms with Crippen molar-refractivity contribution in [1.82, 2.24) is 0 Å². The number of halogens is 2. The second-order valence-corrected chi connectivity index (χ2v) is 3.64. The maximum Gasteiger partial charge on any atom is 0.138 e. The molecule has 1 atom stereocenters. The molecule has 2 rings (SSSR count). The fourth-order valence-electron chi connectivity index (χ4n) is 1.17. The molecule has 1 aromatic carbocycles. The highest BCUT2D eigenvalue weighted by Gasteiger charge is 2.28. The van der Waals surface area contributed by atoms with Gasteiger partial charge in [-0.25, -0.2) is 0 Å². The molecule has 4 heteroatoms. The number of epoxide rings is 1. The maximum atomic E-state index is 6.00. The molecule has 0 aliphatic carbocycles. The smallest absolute Gasteiger partial charge is 0.138 e. The second-order valence-electron chi connectivity index (χ2n) is 2.83. The first-order chi connectivity index (χ1) is 6.22. The molecule has 70 valence electrons. The van der Waals surface area contributed by atoms with E-state index in [1.54, 1.807) is 19.2 Å². The molecule has 0 aromatic heterocycles. The van der Waals surface area contributed by atoms with Gasteiger partial charge in [-0.1, -0.05) is 23.2 Å². The molecule has 1 aliphatic rings. The summed E-state index contributed by atoms with van der Waals surface area (Å²) in [5, 5.41) is 1.21. The van der Waals surface area contributed by atoms with Crippen molar-refractivity contribution >= 4 is 23.2 Å². The van der Waals surface area contributed by atoms with Crippen molar-refractivity contribution in [2.45, 2.75) is 6.10 Å². The predicted molar refractivity (Wildman–Crippen MR) is 51.7 cm³/mol. The van der Waals surface area contributed by atoms with E-state index in [2.05, 4.69) is 0 Å². The van der Waals surface area contributed by atoms with Gasteiger partial charge < -0.3 is 9.47 Å². The molecule has 1 heterocycles. The Morgan fingerprint density at radius 3 is 2.62 bits per heavy atom. The van der Waals surface area contributed by atoms with Gasteiger partial charge in [-0.05, 0) is 6.07 Å². The van der Waals surface area contributed by atoms with Crippen LogP contribution in [0.25, 0.3) is 0 Å². The molecule has 2 nitrogen and oxygen atoms in total. The summed E-state index contributed by atoms with van der Waals surface area (Å²) in [7, 11) is 1.56. The van der Waals surface area contributed by atoms with E-state index in [1.807, 2.05) is 0 Å². The van der Waals surface area contributed by atoms with E-state index < -0.39 is 0 Å². The van der Waals surface area contributed by atoms with Crippen LogP contribution in [0.15, 0.2) is 12.1 Å². The fraction of sp³-hybridized carbons (Fsp3) is 0.333. The van der Waals surface area contributed by atoms with Crippen LogP contribution in [-0.2, 0) is 4.74 Å². The van der Waals surface area contributed by atoms with Gasteiger partial charge in [-0.15, -0.1) is 0 Å². The number of rotatable bonds is 2. The third kappa shape index (κ3) is 1.75. The van der Waals surface area contributed by atoms with E-state index in [9.17, 15) is 0 Å². The minimum Gasteiger partial charge on any atom is -0.495 e. The molecule has 0 amide bonds. The number of ether oxygens (including phenoxy) is 2. The summed E-state index contributed by atoms with van der Waals surface area (Å²) in [6.45, 7) is 0.725. The van der Waals surface area contributed by atoms with E-state index in [-0.39, 0.29) is 6.10 Å². The zero-order valence-electron chi connectivity index (χ0n) is 7.01. The quantitative estimate of drug-likeness (QED) is 0.713. The molecule has 1 fully saturated rings. The Bertz CT molecular complexity index is 335. The molecule has 0 spiro atoms. The summed E-state index contributed by atoms with van der Waals surface area (Å²) >= 11 is 11.9. The first kappa shape index (κ1) is 9.13. The summed E-state index contributed by atoms with van der Waals surface area (Å²) in [5.74, 6) is 0.594. The highest BCUT2D eigenvalue weighted by Crippen LogP contribution is 2.39. The summed E-state index contributed by atoms with van der Waals surface area (Å²) in [6, 6.07) is 3.50. The maximum absolute atomic E-state index is 6.00. The molecule has 0 saturated carbocycles. The zero-order chi connectivity index (χ0) is 9.42. The molecule has 1 aromatic rings. The van der Waals surface area contributed by atoms with Crippen LogP contribution >= 0.6 is 23.2 Å². The van der Waals surface area contributed by atoms with Crippen molar-refractivity contribution in [2.24, 2.45) is 0 Å². The number of hydrogen-bond donors (Lipinski definition) is 0. The molecular formula is C9H8Cl2O2. The Kier molecular flexibility index (Phi) is 2.37. The van der Waals surface area contributed by atoms with Crippen LogP contribution in [-0.4, -0.2) is 13.7 Å². The van der Waals surface area contributed by atoms with Crippen LogP contribution in [0.1, 0.15) is 11.7 Å². The Morgan fingerprint density at radius 2 is 2.08 bits per heavy atom. The van der Waals surface area contributed by atoms with Crippen LogP contribution in [0.3, 0.4) is 0 Å². The lowest BCUT2D eigenvalue weighted by atomic mass is 10.1. The SMILES string of the molecule is COc1cc(Cl)c(C2CO2)cc1Cl. The number of benzene rings is 1. The summed E-state index contributed by atoms with van der Waals surface area (Å²) in [5.41, 5.74) is 0.937. The highest BCUT2D eigenvalue weighted by atomic mass is 35.5. The van der Waals surface area contributed by atoms with Crippen molar-refractivity contribution in [3.8, 4) is 5.75 Å². The predicted octanol–water partition coefficient (Wildman–Crippen LogP) is 3.07. The molecule has 1 saturated heterocycles. The molecule has 13 heavy (non-hydrogen) atoms. The second kappa shape index (κ2) is 3.37. The first-order valence-corrected chi connectivity index (χ1v) is 4.62. The van der Waals surface area contributed by atoms with Gasteiger partial charge in [0.15, 0.2) is 0 Å². The average Bonchev–Trinajstić information content (AvgIpc) is 2.91. The molecule has 0 N–H and O–H groups in total. The van der Waals surface area contributed by atoms with Crippen molar-refractivity contribution in [2.75, 3.05) is 13.7 Å². The molecular weight excluding hydrogens is 211 g/mol. The summed E-state index contributed by atoms with van der Waals surface area (Å²) in [6.07, 6.45) is 0.121. The van der Waals surface area contributed by atoms with Gasteiger partial charge in [0, 0.05) is 11.6 Å². The van der Waals surface area contributed by atoms with E-state index in [1.165, 1.54) is 0 Å². The monoisotopic (exact) mass is 218 g/mol. The van der Waals surface area contributed by atoms with E-state index >= 15 is 0 Å². The normalized spacial score (nSPS) is 20.1. The fourth-order valence-corrected chi connectivity index (χ4v) is 1.70. The van der Waals surface area contributed by atoms with Crippen LogP contribution < -0.4 is 4.74 Å².